The third-order valence-corrected chi connectivity index (χ3v) is 9.52. The molecule has 3 fully saturated rings. The number of benzene rings is 2. The number of ether oxygens (including phenoxy) is 1. The molecule has 1 saturated heterocycles. The Morgan fingerprint density at radius 2 is 2.00 bits per heavy atom. The second-order valence-electron chi connectivity index (χ2n) is 10.1. The van der Waals surface area contributed by atoms with Crippen LogP contribution in [0.5, 0.6) is 0 Å². The Balaban J connectivity index is 1.07. The highest BCUT2D eigenvalue weighted by Crippen LogP contribution is 2.48. The number of hydrogen-bond donors (Lipinski definition) is 1. The fraction of sp³-hybridized carbons (Fsp3) is 0.370. The van der Waals surface area contributed by atoms with E-state index in [2.05, 4.69) is 10.1 Å². The fourth-order valence-corrected chi connectivity index (χ4v) is 7.21. The van der Waals surface area contributed by atoms with Crippen molar-refractivity contribution in [3.8, 4) is 11.3 Å². The summed E-state index contributed by atoms with van der Waals surface area (Å²) in [6.45, 7) is 2.24. The minimum atomic E-state index is -0.923. The number of nitrogens with zero attached hydrogens (tertiary/aromatic N) is 3. The molecule has 0 radical (unpaired) electrons. The maximum absolute atomic E-state index is 11.3. The van der Waals surface area contributed by atoms with E-state index in [9.17, 15) is 9.90 Å². The Hall–Kier alpha value is -2.65. The molecular weight excluding hydrogens is 533 g/mol. The molecule has 3 heterocycles. The second kappa shape index (κ2) is 8.98. The van der Waals surface area contributed by atoms with Crippen LogP contribution in [0.25, 0.3) is 21.5 Å². The Bertz CT molecular complexity index is 1510. The summed E-state index contributed by atoms with van der Waals surface area (Å²) < 4.78 is 13.2. The molecule has 0 spiro atoms. The summed E-state index contributed by atoms with van der Waals surface area (Å²) in [5.41, 5.74) is 3.45. The van der Waals surface area contributed by atoms with E-state index in [1.807, 2.05) is 18.2 Å². The van der Waals surface area contributed by atoms with Gasteiger partial charge in [0.15, 0.2) is 5.13 Å². The van der Waals surface area contributed by atoms with E-state index in [0.717, 1.165) is 59.0 Å². The number of hydrogen-bond acceptors (Lipinski definition) is 7. The molecule has 3 aliphatic rings. The van der Waals surface area contributed by atoms with Crippen molar-refractivity contribution < 1.29 is 19.2 Å². The number of thiazole rings is 1. The monoisotopic (exact) mass is 555 g/mol. The van der Waals surface area contributed by atoms with Crippen molar-refractivity contribution in [2.45, 2.75) is 37.9 Å². The number of fused-ring (bicyclic) bond motifs is 2. The van der Waals surface area contributed by atoms with Crippen molar-refractivity contribution >= 4 is 55.9 Å². The molecule has 10 heteroatoms. The molecular formula is C27H23Cl2N3O4S. The van der Waals surface area contributed by atoms with Crippen LogP contribution < -0.4 is 4.90 Å². The molecule has 2 aromatic carbocycles. The zero-order valence-corrected chi connectivity index (χ0v) is 22.0. The van der Waals surface area contributed by atoms with Crippen molar-refractivity contribution in [3.05, 3.63) is 63.3 Å². The summed E-state index contributed by atoms with van der Waals surface area (Å²) in [4.78, 5) is 18.4. The van der Waals surface area contributed by atoms with E-state index in [1.165, 1.54) is 0 Å². The number of carboxylic acids is 1. The quantitative estimate of drug-likeness (QED) is 0.266. The Morgan fingerprint density at radius 1 is 1.19 bits per heavy atom. The molecule has 7 nitrogen and oxygen atoms in total. The van der Waals surface area contributed by atoms with Gasteiger partial charge in [0.1, 0.15) is 11.5 Å². The van der Waals surface area contributed by atoms with Gasteiger partial charge < -0.3 is 19.3 Å². The first-order valence-electron chi connectivity index (χ1n) is 12.4. The number of aromatic carboxylic acids is 1. The van der Waals surface area contributed by atoms with Crippen molar-refractivity contribution in [3.63, 3.8) is 0 Å². The van der Waals surface area contributed by atoms with Crippen molar-refractivity contribution in [2.24, 2.45) is 11.8 Å². The first-order valence-corrected chi connectivity index (χ1v) is 14.0. The second-order valence-corrected chi connectivity index (χ2v) is 12.0. The van der Waals surface area contributed by atoms with Gasteiger partial charge in [-0.15, -0.1) is 0 Å². The number of anilines is 1. The average Bonchev–Trinajstić information content (AvgIpc) is 3.34. The predicted molar refractivity (Wildman–Crippen MR) is 143 cm³/mol. The number of aromatic nitrogens is 2. The van der Waals surface area contributed by atoms with Crippen LogP contribution in [-0.4, -0.2) is 40.4 Å². The minimum Gasteiger partial charge on any atom is -0.478 e. The highest BCUT2D eigenvalue weighted by molar-refractivity contribution is 7.22. The largest absolute Gasteiger partial charge is 0.478 e. The average molecular weight is 556 g/mol. The molecule has 0 amide bonds. The minimum absolute atomic E-state index is 0.152. The predicted octanol–water partition coefficient (Wildman–Crippen LogP) is 6.88. The Morgan fingerprint density at radius 3 is 2.76 bits per heavy atom. The van der Waals surface area contributed by atoms with Gasteiger partial charge in [0, 0.05) is 36.1 Å². The van der Waals surface area contributed by atoms with Crippen LogP contribution >= 0.6 is 34.5 Å². The van der Waals surface area contributed by atoms with E-state index in [1.54, 1.807) is 29.5 Å². The Kier molecular flexibility index (Phi) is 5.69. The lowest BCUT2D eigenvalue weighted by Gasteiger charge is -2.38. The van der Waals surface area contributed by atoms with Crippen LogP contribution in [0.4, 0.5) is 5.13 Å². The van der Waals surface area contributed by atoms with Crippen LogP contribution in [0.1, 0.15) is 46.9 Å². The van der Waals surface area contributed by atoms with Crippen LogP contribution in [0.2, 0.25) is 10.0 Å². The summed E-state index contributed by atoms with van der Waals surface area (Å²) in [5.74, 6) is 1.35. The highest BCUT2D eigenvalue weighted by Gasteiger charge is 2.48. The van der Waals surface area contributed by atoms with Gasteiger partial charge in [0.25, 0.3) is 0 Å². The van der Waals surface area contributed by atoms with Crippen LogP contribution in [0.3, 0.4) is 0 Å². The summed E-state index contributed by atoms with van der Waals surface area (Å²) in [7, 11) is 0. The molecule has 37 heavy (non-hydrogen) atoms. The zero-order valence-electron chi connectivity index (χ0n) is 19.7. The van der Waals surface area contributed by atoms with Gasteiger partial charge in [-0.25, -0.2) is 9.78 Å². The first kappa shape index (κ1) is 23.5. The molecule has 1 aliphatic heterocycles. The smallest absolute Gasteiger partial charge is 0.335 e. The standard InChI is InChI=1S/C27H23Cl2N3O4S/c28-18-2-1-3-19(29)23(18)24-17(25(36-31-24)13-4-5-13)12-35-21-8-15-10-32(11-16(15)21)27-30-20-7-6-14(26(33)34)9-22(20)37-27/h1-3,6-7,9,13,15-16,21H,4-5,8,10-12H2,(H,33,34)/t15-,16+,21-/m0/s1. The molecule has 2 aliphatic carbocycles. The maximum Gasteiger partial charge on any atom is 0.335 e. The number of carboxylic acid groups (broad SMARTS) is 1. The molecule has 0 unspecified atom stereocenters. The zero-order chi connectivity index (χ0) is 25.3. The van der Waals surface area contributed by atoms with E-state index >= 15 is 0 Å². The number of halogens is 2. The van der Waals surface area contributed by atoms with Gasteiger partial charge in [0.2, 0.25) is 0 Å². The van der Waals surface area contributed by atoms with Crippen molar-refractivity contribution in [1.29, 1.82) is 0 Å². The van der Waals surface area contributed by atoms with Crippen LogP contribution in [0, 0.1) is 11.8 Å². The maximum atomic E-state index is 11.3. The molecule has 3 atom stereocenters. The fourth-order valence-electron chi connectivity index (χ4n) is 5.61. The molecule has 4 aromatic rings. The van der Waals surface area contributed by atoms with E-state index < -0.39 is 5.97 Å². The van der Waals surface area contributed by atoms with E-state index in [4.69, 9.17) is 37.4 Å². The summed E-state index contributed by atoms with van der Waals surface area (Å²) in [6.07, 6.45) is 3.34. The van der Waals surface area contributed by atoms with Gasteiger partial charge >= 0.3 is 5.97 Å². The van der Waals surface area contributed by atoms with Crippen LogP contribution in [0.15, 0.2) is 40.9 Å². The normalized spacial score (nSPS) is 22.9. The third-order valence-electron chi connectivity index (χ3n) is 7.81. The molecule has 0 bridgehead atoms. The third kappa shape index (κ3) is 4.11. The number of rotatable bonds is 7. The highest BCUT2D eigenvalue weighted by atomic mass is 35.5. The molecule has 1 N–H and O–H groups in total. The Labute approximate surface area is 226 Å². The first-order chi connectivity index (χ1) is 18.0. The summed E-state index contributed by atoms with van der Waals surface area (Å²) >= 11 is 14.5. The van der Waals surface area contributed by atoms with Gasteiger partial charge in [0.05, 0.1) is 38.5 Å². The van der Waals surface area contributed by atoms with Gasteiger partial charge in [-0.3, -0.25) is 0 Å². The lowest BCUT2D eigenvalue weighted by Crippen LogP contribution is -2.42. The molecule has 7 rings (SSSR count). The van der Waals surface area contributed by atoms with E-state index in [-0.39, 0.29) is 11.7 Å². The van der Waals surface area contributed by atoms with Gasteiger partial charge in [-0.2, -0.15) is 0 Å². The topological polar surface area (TPSA) is 88.7 Å². The van der Waals surface area contributed by atoms with E-state index in [0.29, 0.717) is 45.7 Å². The lowest BCUT2D eigenvalue weighted by atomic mass is 9.73. The van der Waals surface area contributed by atoms with Crippen LogP contribution in [-0.2, 0) is 11.3 Å². The van der Waals surface area contributed by atoms with Gasteiger partial charge in [-0.05, 0) is 55.5 Å². The van der Waals surface area contributed by atoms with Gasteiger partial charge in [-0.1, -0.05) is 45.8 Å². The molecule has 2 aromatic heterocycles. The summed E-state index contributed by atoms with van der Waals surface area (Å²) in [6, 6.07) is 10.5. The molecule has 2 saturated carbocycles. The van der Waals surface area contributed by atoms with Crippen molar-refractivity contribution in [2.75, 3.05) is 18.0 Å². The lowest BCUT2D eigenvalue weighted by molar-refractivity contribution is -0.0747. The van der Waals surface area contributed by atoms with Crippen molar-refractivity contribution in [1.82, 2.24) is 10.1 Å². The number of carbonyl (C=O) groups is 1. The SMILES string of the molecule is O=C(O)c1ccc2nc(N3C[C@@H]4C[C@H](OCc5c(-c6c(Cl)cccc6Cl)noc5C5CC5)[C@@H]4C3)sc2c1. The molecule has 190 valence electrons. The summed E-state index contributed by atoms with van der Waals surface area (Å²) in [5, 5.41) is 15.7.